The summed E-state index contributed by atoms with van der Waals surface area (Å²) in [4.78, 5) is 0.845. The topological polar surface area (TPSA) is 3.24 Å². The predicted octanol–water partition coefficient (Wildman–Crippen LogP) is 2.99. The summed E-state index contributed by atoms with van der Waals surface area (Å²) < 4.78 is 38.8. The monoisotopic (exact) mass is 215 g/mol. The van der Waals surface area contributed by atoms with Crippen LogP contribution in [0.15, 0.2) is 0 Å². The zero-order chi connectivity index (χ0) is 10.3. The zero-order valence-corrected chi connectivity index (χ0v) is 8.41. The maximum absolute atomic E-state index is 13.2. The summed E-state index contributed by atoms with van der Waals surface area (Å²) in [6.07, 6.45) is 1.30. The van der Waals surface area contributed by atoms with Crippen LogP contribution < -0.4 is 0 Å². The Morgan fingerprint density at radius 2 is 2.00 bits per heavy atom. The molecule has 0 aromatic rings. The van der Waals surface area contributed by atoms with Gasteiger partial charge in [-0.15, -0.1) is 0 Å². The van der Waals surface area contributed by atoms with E-state index in [2.05, 4.69) is 0 Å². The van der Waals surface area contributed by atoms with E-state index in [0.29, 0.717) is 12.8 Å². The van der Waals surface area contributed by atoms with Crippen molar-refractivity contribution in [2.45, 2.75) is 43.9 Å². The lowest BCUT2D eigenvalue weighted by Crippen LogP contribution is -2.53. The molecule has 78 valence electrons. The molecule has 0 saturated carbocycles. The fraction of sp³-hybridized carbons (Fsp3) is 1.00. The van der Waals surface area contributed by atoms with Crippen LogP contribution in [0.3, 0.4) is 0 Å². The van der Waals surface area contributed by atoms with Gasteiger partial charge >= 0.3 is 6.05 Å². The van der Waals surface area contributed by atoms with Crippen molar-refractivity contribution in [3.05, 3.63) is 0 Å². The highest BCUT2D eigenvalue weighted by Gasteiger charge is 2.52. The van der Waals surface area contributed by atoms with Crippen LogP contribution in [0.4, 0.5) is 13.2 Å². The summed E-state index contributed by atoms with van der Waals surface area (Å²) in [5, 5.41) is 0. The van der Waals surface area contributed by atoms with Crippen molar-refractivity contribution < 1.29 is 13.2 Å². The van der Waals surface area contributed by atoms with Gasteiger partial charge in [0.2, 0.25) is 0 Å². The van der Waals surface area contributed by atoms with Gasteiger partial charge in [-0.3, -0.25) is 0 Å². The van der Waals surface area contributed by atoms with E-state index in [1.54, 1.807) is 13.8 Å². The molecule has 1 heterocycles. The maximum atomic E-state index is 13.2. The Balaban J connectivity index is 2.82. The maximum Gasteiger partial charge on any atom is 0.350 e. The number of likely N-dealkylation sites (tertiary alicyclic amines) is 1. The fourth-order valence-corrected chi connectivity index (χ4v) is 1.90. The van der Waals surface area contributed by atoms with Crippen molar-refractivity contribution in [3.8, 4) is 0 Å². The number of halogens is 4. The van der Waals surface area contributed by atoms with Crippen LogP contribution in [-0.4, -0.2) is 28.7 Å². The second kappa shape index (κ2) is 3.31. The highest BCUT2D eigenvalue weighted by Crippen LogP contribution is 2.40. The van der Waals surface area contributed by atoms with Gasteiger partial charge in [-0.1, -0.05) is 11.6 Å². The molecule has 0 radical (unpaired) electrons. The van der Waals surface area contributed by atoms with Gasteiger partial charge in [0.15, 0.2) is 0 Å². The molecule has 1 aliphatic heterocycles. The average molecular weight is 216 g/mol. The van der Waals surface area contributed by atoms with Crippen LogP contribution in [0.1, 0.15) is 26.7 Å². The molecule has 0 spiro atoms. The molecule has 1 unspecified atom stereocenters. The van der Waals surface area contributed by atoms with E-state index >= 15 is 0 Å². The lowest BCUT2D eigenvalue weighted by molar-refractivity contribution is -0.191. The lowest BCUT2D eigenvalue weighted by Gasteiger charge is -2.37. The first-order valence-electron chi connectivity index (χ1n) is 4.22. The Bertz CT molecular complexity index is 194. The van der Waals surface area contributed by atoms with Gasteiger partial charge in [-0.25, -0.2) is 9.29 Å². The SMILES string of the molecule is CC1(C)CCCN1C(F)(F)C(F)Cl. The normalized spacial score (nSPS) is 26.3. The third-order valence-corrected chi connectivity index (χ3v) is 2.79. The standard InChI is InChI=1S/C8H13ClF3N/c1-7(2)4-3-5-13(7)8(11,12)6(9)10/h6H,3-5H2,1-2H3. The molecule has 0 N–H and O–H groups in total. The van der Waals surface area contributed by atoms with Crippen molar-refractivity contribution in [1.82, 2.24) is 4.90 Å². The Labute approximate surface area is 80.8 Å². The molecule has 0 aromatic carbocycles. The van der Waals surface area contributed by atoms with E-state index in [-0.39, 0.29) is 6.54 Å². The molecule has 1 nitrogen and oxygen atoms in total. The number of nitrogens with zero attached hydrogens (tertiary/aromatic N) is 1. The number of rotatable bonds is 2. The lowest BCUT2D eigenvalue weighted by atomic mass is 10.0. The van der Waals surface area contributed by atoms with Gasteiger partial charge in [-0.05, 0) is 26.7 Å². The molecular weight excluding hydrogens is 203 g/mol. The van der Waals surface area contributed by atoms with Crippen molar-refractivity contribution in [1.29, 1.82) is 0 Å². The third kappa shape index (κ3) is 1.94. The Kier molecular flexibility index (Phi) is 2.83. The molecule has 0 aromatic heterocycles. The molecule has 0 amide bonds. The van der Waals surface area contributed by atoms with Crippen molar-refractivity contribution >= 4 is 11.6 Å². The smallest absolute Gasteiger partial charge is 0.236 e. The minimum Gasteiger partial charge on any atom is -0.236 e. The van der Waals surface area contributed by atoms with Gasteiger partial charge in [0, 0.05) is 12.1 Å². The van der Waals surface area contributed by atoms with E-state index in [9.17, 15) is 13.2 Å². The van der Waals surface area contributed by atoms with Crippen molar-refractivity contribution in [3.63, 3.8) is 0 Å². The molecular formula is C8H13ClF3N. The summed E-state index contributed by atoms with van der Waals surface area (Å²) in [5.41, 5.74) is -3.30. The summed E-state index contributed by atoms with van der Waals surface area (Å²) in [6.45, 7) is 3.55. The second-order valence-electron chi connectivity index (χ2n) is 3.96. The van der Waals surface area contributed by atoms with E-state index in [0.717, 1.165) is 4.90 Å². The van der Waals surface area contributed by atoms with E-state index in [1.165, 1.54) is 0 Å². The van der Waals surface area contributed by atoms with Gasteiger partial charge in [0.25, 0.3) is 5.63 Å². The van der Waals surface area contributed by atoms with Gasteiger partial charge in [0.1, 0.15) is 0 Å². The van der Waals surface area contributed by atoms with Crippen molar-refractivity contribution in [2.75, 3.05) is 6.54 Å². The molecule has 1 rings (SSSR count). The summed E-state index contributed by atoms with van der Waals surface area (Å²) in [7, 11) is 0. The fourth-order valence-electron chi connectivity index (χ4n) is 1.78. The third-order valence-electron chi connectivity index (χ3n) is 2.52. The largest absolute Gasteiger partial charge is 0.350 e. The number of hydrogen-bond donors (Lipinski definition) is 0. The zero-order valence-electron chi connectivity index (χ0n) is 7.66. The van der Waals surface area contributed by atoms with Gasteiger partial charge < -0.3 is 0 Å². The molecule has 5 heteroatoms. The van der Waals surface area contributed by atoms with Crippen LogP contribution in [0, 0.1) is 0 Å². The summed E-state index contributed by atoms with van der Waals surface area (Å²) in [6, 6.07) is -3.55. The van der Waals surface area contributed by atoms with E-state index in [4.69, 9.17) is 11.6 Å². The molecule has 1 atom stereocenters. The van der Waals surface area contributed by atoms with Crippen LogP contribution in [0.2, 0.25) is 0 Å². The first kappa shape index (κ1) is 11.1. The van der Waals surface area contributed by atoms with Gasteiger partial charge in [0.05, 0.1) is 0 Å². The molecule has 13 heavy (non-hydrogen) atoms. The Morgan fingerprint density at radius 3 is 2.31 bits per heavy atom. The Hall–Kier alpha value is 0.0400. The molecule has 1 aliphatic rings. The van der Waals surface area contributed by atoms with Crippen LogP contribution in [0.5, 0.6) is 0 Å². The first-order chi connectivity index (χ1) is 5.78. The highest BCUT2D eigenvalue weighted by molar-refractivity contribution is 6.20. The first-order valence-corrected chi connectivity index (χ1v) is 4.66. The summed E-state index contributed by atoms with van der Waals surface area (Å²) in [5.74, 6) is 0. The van der Waals surface area contributed by atoms with Crippen LogP contribution >= 0.6 is 11.6 Å². The molecule has 1 saturated heterocycles. The van der Waals surface area contributed by atoms with E-state index in [1.807, 2.05) is 0 Å². The number of alkyl halides is 4. The number of hydrogen-bond acceptors (Lipinski definition) is 1. The van der Waals surface area contributed by atoms with Crippen LogP contribution in [0.25, 0.3) is 0 Å². The predicted molar refractivity (Wildman–Crippen MR) is 45.7 cm³/mol. The Morgan fingerprint density at radius 1 is 1.46 bits per heavy atom. The molecule has 1 fully saturated rings. The molecule has 0 bridgehead atoms. The minimum atomic E-state index is -3.55. The summed E-state index contributed by atoms with van der Waals surface area (Å²) >= 11 is 4.82. The minimum absolute atomic E-state index is 0.202. The second-order valence-corrected chi connectivity index (χ2v) is 4.34. The van der Waals surface area contributed by atoms with Crippen LogP contribution in [-0.2, 0) is 0 Å². The van der Waals surface area contributed by atoms with Gasteiger partial charge in [-0.2, -0.15) is 8.78 Å². The van der Waals surface area contributed by atoms with E-state index < -0.39 is 17.2 Å². The molecule has 0 aliphatic carbocycles. The quantitative estimate of drug-likeness (QED) is 0.506. The average Bonchev–Trinajstić information content (AvgIpc) is 2.29. The highest BCUT2D eigenvalue weighted by atomic mass is 35.5. The van der Waals surface area contributed by atoms with Crippen molar-refractivity contribution in [2.24, 2.45) is 0 Å².